The summed E-state index contributed by atoms with van der Waals surface area (Å²) in [6, 6.07) is 2.77. The Morgan fingerprint density at radius 3 is 2.83 bits per heavy atom. The molecule has 0 spiro atoms. The molecule has 18 heavy (non-hydrogen) atoms. The zero-order valence-electron chi connectivity index (χ0n) is 9.97. The molecule has 1 N–H and O–H groups in total. The van der Waals surface area contributed by atoms with Crippen LogP contribution in [0, 0.1) is 18.2 Å². The van der Waals surface area contributed by atoms with Crippen molar-refractivity contribution < 1.29 is 4.39 Å². The Morgan fingerprint density at radius 1 is 1.44 bits per heavy atom. The normalized spacial score (nSPS) is 12.2. The molecule has 0 radical (unpaired) electrons. The predicted molar refractivity (Wildman–Crippen MR) is 79.0 cm³/mol. The van der Waals surface area contributed by atoms with E-state index in [4.69, 9.17) is 29.6 Å². The van der Waals surface area contributed by atoms with Crippen molar-refractivity contribution in [2.45, 2.75) is 13.0 Å². The summed E-state index contributed by atoms with van der Waals surface area (Å²) in [4.78, 5) is 0. The van der Waals surface area contributed by atoms with Gasteiger partial charge in [0.15, 0.2) is 0 Å². The maximum Gasteiger partial charge on any atom is 0.142 e. The number of hydrogen-bond acceptors (Lipinski definition) is 2. The number of halogens is 3. The lowest BCUT2D eigenvalue weighted by atomic mass is 10.1. The van der Waals surface area contributed by atoms with Crippen molar-refractivity contribution in [3.8, 4) is 12.3 Å². The highest BCUT2D eigenvalue weighted by Gasteiger charge is 2.12. The fourth-order valence-corrected chi connectivity index (χ4v) is 2.53. The highest BCUT2D eigenvalue weighted by atomic mass is 35.5. The molecule has 0 bridgehead atoms. The first-order chi connectivity index (χ1) is 8.56. The van der Waals surface area contributed by atoms with Crippen molar-refractivity contribution in [3.05, 3.63) is 33.6 Å². The van der Waals surface area contributed by atoms with E-state index in [0.717, 1.165) is 12.3 Å². The largest absolute Gasteiger partial charge is 0.309 e. The van der Waals surface area contributed by atoms with Crippen LogP contribution in [-0.2, 0) is 0 Å². The van der Waals surface area contributed by atoms with E-state index in [1.165, 1.54) is 12.1 Å². The van der Waals surface area contributed by atoms with Crippen molar-refractivity contribution in [2.24, 2.45) is 0 Å². The highest BCUT2D eigenvalue weighted by Crippen LogP contribution is 2.28. The van der Waals surface area contributed by atoms with Gasteiger partial charge in [-0.3, -0.25) is 0 Å². The Bertz CT molecular complexity index is 445. The molecule has 0 amide bonds. The molecule has 0 fully saturated rings. The van der Waals surface area contributed by atoms with Crippen molar-refractivity contribution in [2.75, 3.05) is 18.1 Å². The van der Waals surface area contributed by atoms with Gasteiger partial charge in [-0.25, -0.2) is 4.39 Å². The van der Waals surface area contributed by atoms with Crippen molar-refractivity contribution in [1.82, 2.24) is 5.32 Å². The topological polar surface area (TPSA) is 12.0 Å². The summed E-state index contributed by atoms with van der Waals surface area (Å²) in [6.45, 7) is 2.72. The van der Waals surface area contributed by atoms with E-state index in [-0.39, 0.29) is 11.1 Å². The smallest absolute Gasteiger partial charge is 0.142 e. The first-order valence-electron chi connectivity index (χ1n) is 5.45. The van der Waals surface area contributed by atoms with Gasteiger partial charge in [0.25, 0.3) is 0 Å². The van der Waals surface area contributed by atoms with Crippen LogP contribution in [0.3, 0.4) is 0 Å². The third-order valence-corrected chi connectivity index (χ3v) is 3.87. The van der Waals surface area contributed by atoms with Crippen LogP contribution in [0.1, 0.15) is 18.5 Å². The monoisotopic (exact) mass is 305 g/mol. The predicted octanol–water partition coefficient (Wildman–Crippen LogP) is 4.15. The molecule has 1 atom stereocenters. The Morgan fingerprint density at radius 2 is 2.17 bits per heavy atom. The maximum absolute atomic E-state index is 13.4. The highest BCUT2D eigenvalue weighted by molar-refractivity contribution is 7.99. The first-order valence-corrected chi connectivity index (χ1v) is 7.36. The molecule has 0 aliphatic heterocycles. The molecule has 1 nitrogen and oxygen atoms in total. The summed E-state index contributed by atoms with van der Waals surface area (Å²) in [7, 11) is 0. The molecule has 0 aromatic heterocycles. The number of thioether (sulfide) groups is 1. The van der Waals surface area contributed by atoms with Gasteiger partial charge in [-0.05, 0) is 24.6 Å². The summed E-state index contributed by atoms with van der Waals surface area (Å²) >= 11 is 13.4. The van der Waals surface area contributed by atoms with Gasteiger partial charge in [0.2, 0.25) is 0 Å². The molecule has 0 heterocycles. The fraction of sp³-hybridized carbons (Fsp3) is 0.385. The third-order valence-electron chi connectivity index (χ3n) is 2.39. The average Bonchev–Trinajstić information content (AvgIpc) is 2.33. The van der Waals surface area contributed by atoms with Gasteiger partial charge >= 0.3 is 0 Å². The standard InChI is InChI=1S/C13H14Cl2FNS/c1-3-5-18-6-4-17-9(2)10-7-13(16)12(15)8-11(10)14/h1,7-9,17H,4-6H2,2H3. The molecule has 1 rings (SSSR count). The Balaban J connectivity index is 2.54. The minimum absolute atomic E-state index is 0.0318. The minimum atomic E-state index is -0.452. The van der Waals surface area contributed by atoms with E-state index in [0.29, 0.717) is 16.3 Å². The molecule has 1 aromatic carbocycles. The van der Waals surface area contributed by atoms with Crippen molar-refractivity contribution in [3.63, 3.8) is 0 Å². The lowest BCUT2D eigenvalue weighted by Gasteiger charge is -2.16. The van der Waals surface area contributed by atoms with Crippen LogP contribution >= 0.6 is 35.0 Å². The Hall–Kier alpha value is -0.400. The number of rotatable bonds is 6. The van der Waals surface area contributed by atoms with Gasteiger partial charge in [-0.2, -0.15) is 0 Å². The molecule has 0 saturated heterocycles. The maximum atomic E-state index is 13.4. The van der Waals surface area contributed by atoms with Gasteiger partial charge in [0.05, 0.1) is 10.8 Å². The minimum Gasteiger partial charge on any atom is -0.309 e. The third kappa shape index (κ3) is 4.70. The molecular formula is C13H14Cl2FNS. The summed E-state index contributed by atoms with van der Waals surface area (Å²) < 4.78 is 13.4. The van der Waals surface area contributed by atoms with Crippen molar-refractivity contribution in [1.29, 1.82) is 0 Å². The van der Waals surface area contributed by atoms with Crippen LogP contribution in [0.25, 0.3) is 0 Å². The second-order valence-electron chi connectivity index (χ2n) is 3.72. The SMILES string of the molecule is C#CCSCCNC(C)c1cc(F)c(Cl)cc1Cl. The number of nitrogens with one attached hydrogen (secondary N) is 1. The Kier molecular flexibility index (Phi) is 6.88. The van der Waals surface area contributed by atoms with Crippen LogP contribution in [0.2, 0.25) is 10.0 Å². The fourth-order valence-electron chi connectivity index (χ4n) is 1.46. The summed E-state index contributed by atoms with van der Waals surface area (Å²) in [5, 5.41) is 3.77. The summed E-state index contributed by atoms with van der Waals surface area (Å²) in [6.07, 6.45) is 5.15. The van der Waals surface area contributed by atoms with E-state index in [1.54, 1.807) is 11.8 Å². The average molecular weight is 306 g/mol. The van der Waals surface area contributed by atoms with Crippen LogP contribution in [0.15, 0.2) is 12.1 Å². The lowest BCUT2D eigenvalue weighted by Crippen LogP contribution is -2.21. The van der Waals surface area contributed by atoms with E-state index < -0.39 is 5.82 Å². The number of terminal acetylenes is 1. The van der Waals surface area contributed by atoms with E-state index >= 15 is 0 Å². The van der Waals surface area contributed by atoms with E-state index in [1.807, 2.05) is 6.92 Å². The molecule has 0 saturated carbocycles. The zero-order valence-corrected chi connectivity index (χ0v) is 12.3. The lowest BCUT2D eigenvalue weighted by molar-refractivity contribution is 0.585. The van der Waals surface area contributed by atoms with Gasteiger partial charge in [0, 0.05) is 23.4 Å². The molecule has 98 valence electrons. The second-order valence-corrected chi connectivity index (χ2v) is 5.64. The van der Waals surface area contributed by atoms with E-state index in [2.05, 4.69) is 11.2 Å². The zero-order chi connectivity index (χ0) is 13.5. The number of benzene rings is 1. The van der Waals surface area contributed by atoms with Crippen molar-refractivity contribution >= 4 is 35.0 Å². The molecule has 5 heteroatoms. The van der Waals surface area contributed by atoms with Gasteiger partial charge in [-0.15, -0.1) is 18.2 Å². The second kappa shape index (κ2) is 7.91. The van der Waals surface area contributed by atoms with Crippen LogP contribution in [0.5, 0.6) is 0 Å². The van der Waals surface area contributed by atoms with Gasteiger partial charge in [0.1, 0.15) is 5.82 Å². The molecular weight excluding hydrogens is 292 g/mol. The number of hydrogen-bond donors (Lipinski definition) is 1. The summed E-state index contributed by atoms with van der Waals surface area (Å²) in [5.41, 5.74) is 0.709. The Labute approximate surface area is 121 Å². The first kappa shape index (κ1) is 15.7. The molecule has 1 aromatic rings. The molecule has 0 aliphatic carbocycles. The van der Waals surface area contributed by atoms with E-state index in [9.17, 15) is 4.39 Å². The molecule has 1 unspecified atom stereocenters. The van der Waals surface area contributed by atoms with Crippen LogP contribution < -0.4 is 5.32 Å². The van der Waals surface area contributed by atoms with Crippen LogP contribution in [0.4, 0.5) is 4.39 Å². The van der Waals surface area contributed by atoms with Gasteiger partial charge in [-0.1, -0.05) is 29.1 Å². The quantitative estimate of drug-likeness (QED) is 0.481. The molecule has 0 aliphatic rings. The van der Waals surface area contributed by atoms with Gasteiger partial charge < -0.3 is 5.32 Å². The summed E-state index contributed by atoms with van der Waals surface area (Å²) in [5.74, 6) is 3.71. The van der Waals surface area contributed by atoms with Crippen LogP contribution in [-0.4, -0.2) is 18.1 Å².